The zero-order valence-corrected chi connectivity index (χ0v) is 12.7. The number of hydrogen-bond acceptors (Lipinski definition) is 6. The molecular weight excluding hydrogens is 298 g/mol. The minimum absolute atomic E-state index is 0.0515. The Kier molecular flexibility index (Phi) is 4.51. The summed E-state index contributed by atoms with van der Waals surface area (Å²) in [4.78, 5) is 15.7. The maximum Gasteiger partial charge on any atom is 0.251 e. The number of imidazole rings is 1. The molecular formula is C15H17N5O3. The summed E-state index contributed by atoms with van der Waals surface area (Å²) in [6.45, 7) is 3.07. The Morgan fingerprint density at radius 2 is 2.30 bits per heavy atom. The molecule has 0 aliphatic rings. The number of carbonyl (C=O) groups excluding carboxylic acids is 1. The van der Waals surface area contributed by atoms with Gasteiger partial charge in [-0.1, -0.05) is 0 Å². The van der Waals surface area contributed by atoms with Crippen LogP contribution in [0.4, 0.5) is 0 Å². The van der Waals surface area contributed by atoms with E-state index in [2.05, 4.69) is 20.5 Å². The van der Waals surface area contributed by atoms with Crippen molar-refractivity contribution in [3.8, 4) is 11.5 Å². The Hall–Kier alpha value is -2.90. The summed E-state index contributed by atoms with van der Waals surface area (Å²) in [6, 6.07) is 1.77. The van der Waals surface area contributed by atoms with Gasteiger partial charge in [-0.15, -0.1) is 10.2 Å². The lowest BCUT2D eigenvalue weighted by Gasteiger charge is -2.04. The van der Waals surface area contributed by atoms with E-state index in [4.69, 9.17) is 8.83 Å². The summed E-state index contributed by atoms with van der Waals surface area (Å²) < 4.78 is 12.7. The summed E-state index contributed by atoms with van der Waals surface area (Å²) in [6.07, 6.45) is 7.55. The fraction of sp³-hybridized carbons (Fsp3) is 0.333. The van der Waals surface area contributed by atoms with Gasteiger partial charge < -0.3 is 18.7 Å². The number of amides is 1. The van der Waals surface area contributed by atoms with Crippen LogP contribution in [0.1, 0.15) is 18.1 Å². The number of hydrogen-bond donors (Lipinski definition) is 1. The van der Waals surface area contributed by atoms with Crippen LogP contribution in [-0.4, -0.2) is 32.2 Å². The normalized spacial score (nSPS) is 10.8. The van der Waals surface area contributed by atoms with Gasteiger partial charge in [-0.25, -0.2) is 4.98 Å². The summed E-state index contributed by atoms with van der Waals surface area (Å²) in [5, 5.41) is 10.8. The molecule has 0 aliphatic carbocycles. The molecule has 3 aromatic rings. The van der Waals surface area contributed by atoms with Crippen molar-refractivity contribution in [2.24, 2.45) is 0 Å². The summed E-state index contributed by atoms with van der Waals surface area (Å²) in [5.74, 6) is 1.51. The van der Waals surface area contributed by atoms with Crippen LogP contribution < -0.4 is 5.32 Å². The molecule has 0 spiro atoms. The van der Waals surface area contributed by atoms with Gasteiger partial charge in [0.1, 0.15) is 5.76 Å². The largest absolute Gasteiger partial charge is 0.469 e. The third-order valence-corrected chi connectivity index (χ3v) is 3.37. The molecule has 8 nitrogen and oxygen atoms in total. The monoisotopic (exact) mass is 315 g/mol. The van der Waals surface area contributed by atoms with Gasteiger partial charge >= 0.3 is 0 Å². The van der Waals surface area contributed by atoms with Crippen LogP contribution in [0.25, 0.3) is 11.5 Å². The highest BCUT2D eigenvalue weighted by atomic mass is 16.4. The molecule has 0 aromatic carbocycles. The first-order chi connectivity index (χ1) is 11.2. The lowest BCUT2D eigenvalue weighted by molar-refractivity contribution is -0.121. The van der Waals surface area contributed by atoms with Gasteiger partial charge in [0.25, 0.3) is 5.89 Å². The van der Waals surface area contributed by atoms with Gasteiger partial charge in [-0.05, 0) is 13.0 Å². The number of nitrogens with zero attached hydrogens (tertiary/aromatic N) is 4. The fourth-order valence-electron chi connectivity index (χ4n) is 2.12. The minimum Gasteiger partial charge on any atom is -0.469 e. The summed E-state index contributed by atoms with van der Waals surface area (Å²) in [5.41, 5.74) is 0.772. The van der Waals surface area contributed by atoms with Crippen LogP contribution in [0, 0.1) is 6.92 Å². The third-order valence-electron chi connectivity index (χ3n) is 3.37. The second kappa shape index (κ2) is 6.91. The molecule has 120 valence electrons. The van der Waals surface area contributed by atoms with Gasteiger partial charge in [0.05, 0.1) is 18.2 Å². The van der Waals surface area contributed by atoms with Crippen molar-refractivity contribution in [1.29, 1.82) is 0 Å². The van der Waals surface area contributed by atoms with Crippen LogP contribution in [0.5, 0.6) is 0 Å². The van der Waals surface area contributed by atoms with Gasteiger partial charge in [-0.3, -0.25) is 4.79 Å². The molecule has 0 bridgehead atoms. The molecule has 1 N–H and O–H groups in total. The zero-order chi connectivity index (χ0) is 16.1. The van der Waals surface area contributed by atoms with E-state index in [-0.39, 0.29) is 5.91 Å². The van der Waals surface area contributed by atoms with Gasteiger partial charge in [-0.2, -0.15) is 0 Å². The molecule has 0 atom stereocenters. The highest BCUT2D eigenvalue weighted by Gasteiger charge is 2.13. The van der Waals surface area contributed by atoms with E-state index in [1.165, 1.54) is 0 Å². The predicted octanol–water partition coefficient (Wildman–Crippen LogP) is 1.58. The molecule has 3 aromatic heterocycles. The van der Waals surface area contributed by atoms with Crippen LogP contribution in [-0.2, 0) is 17.8 Å². The topological polar surface area (TPSA) is 99.0 Å². The predicted molar refractivity (Wildman–Crippen MR) is 80.3 cm³/mol. The molecule has 0 saturated heterocycles. The zero-order valence-electron chi connectivity index (χ0n) is 12.7. The van der Waals surface area contributed by atoms with E-state index in [9.17, 15) is 4.79 Å². The Bertz CT molecular complexity index is 760. The molecule has 8 heteroatoms. The van der Waals surface area contributed by atoms with Crippen LogP contribution >= 0.6 is 0 Å². The first-order valence-electron chi connectivity index (χ1n) is 7.31. The van der Waals surface area contributed by atoms with Crippen molar-refractivity contribution < 1.29 is 13.6 Å². The Morgan fingerprint density at radius 1 is 1.39 bits per heavy atom. The maximum atomic E-state index is 11.8. The van der Waals surface area contributed by atoms with Crippen LogP contribution in [0.2, 0.25) is 0 Å². The lowest BCUT2D eigenvalue weighted by Crippen LogP contribution is -2.27. The van der Waals surface area contributed by atoms with Crippen molar-refractivity contribution in [1.82, 2.24) is 25.1 Å². The average Bonchev–Trinajstić information content (AvgIpc) is 3.26. The standard InChI is InChI=1S/C15H17N5O3/c1-11-12(4-9-22-11)15-19-18-14(23-15)3-2-13(21)17-6-8-20-7-5-16-10-20/h4-5,7,9-10H,2-3,6,8H2,1H3,(H,17,21). The molecule has 3 heterocycles. The fourth-order valence-corrected chi connectivity index (χ4v) is 2.12. The number of aryl methyl sites for hydroxylation is 2. The molecule has 0 unspecified atom stereocenters. The van der Waals surface area contributed by atoms with E-state index >= 15 is 0 Å². The van der Waals surface area contributed by atoms with Crippen molar-refractivity contribution in [3.05, 3.63) is 42.7 Å². The summed E-state index contributed by atoms with van der Waals surface area (Å²) >= 11 is 0. The second-order valence-electron chi connectivity index (χ2n) is 5.04. The summed E-state index contributed by atoms with van der Waals surface area (Å²) in [7, 11) is 0. The van der Waals surface area contributed by atoms with Gasteiger partial charge in [0, 0.05) is 38.3 Å². The molecule has 3 rings (SSSR count). The minimum atomic E-state index is -0.0515. The Balaban J connectivity index is 1.44. The number of carbonyl (C=O) groups is 1. The molecule has 1 amide bonds. The lowest BCUT2D eigenvalue weighted by atomic mass is 10.2. The first kappa shape index (κ1) is 15.0. The number of aromatic nitrogens is 4. The molecule has 23 heavy (non-hydrogen) atoms. The van der Waals surface area contributed by atoms with Crippen molar-refractivity contribution in [2.45, 2.75) is 26.3 Å². The van der Waals surface area contributed by atoms with E-state index in [0.29, 0.717) is 37.7 Å². The second-order valence-corrected chi connectivity index (χ2v) is 5.04. The Labute approximate surface area is 132 Å². The third kappa shape index (κ3) is 3.85. The average molecular weight is 315 g/mol. The van der Waals surface area contributed by atoms with E-state index in [1.807, 2.05) is 17.7 Å². The van der Waals surface area contributed by atoms with Gasteiger partial charge in [0.2, 0.25) is 11.8 Å². The number of furan rings is 1. The number of nitrogens with one attached hydrogen (secondary N) is 1. The molecule has 0 fully saturated rings. The van der Waals surface area contributed by atoms with Crippen LogP contribution in [0.15, 0.2) is 39.9 Å². The van der Waals surface area contributed by atoms with Crippen molar-refractivity contribution in [3.63, 3.8) is 0 Å². The number of rotatable bonds is 7. The van der Waals surface area contributed by atoms with Crippen molar-refractivity contribution >= 4 is 5.91 Å². The van der Waals surface area contributed by atoms with E-state index in [0.717, 1.165) is 11.3 Å². The van der Waals surface area contributed by atoms with Crippen molar-refractivity contribution in [2.75, 3.05) is 6.54 Å². The Morgan fingerprint density at radius 3 is 3.04 bits per heavy atom. The smallest absolute Gasteiger partial charge is 0.251 e. The highest BCUT2D eigenvalue weighted by molar-refractivity contribution is 5.75. The molecule has 0 aliphatic heterocycles. The SMILES string of the molecule is Cc1occc1-c1nnc(CCC(=O)NCCn2ccnc2)o1. The van der Waals surface area contributed by atoms with E-state index < -0.39 is 0 Å². The quantitative estimate of drug-likeness (QED) is 0.710. The van der Waals surface area contributed by atoms with E-state index in [1.54, 1.807) is 24.9 Å². The highest BCUT2D eigenvalue weighted by Crippen LogP contribution is 2.22. The molecule has 0 radical (unpaired) electrons. The maximum absolute atomic E-state index is 11.8. The molecule has 0 saturated carbocycles. The first-order valence-corrected chi connectivity index (χ1v) is 7.31. The van der Waals surface area contributed by atoms with Gasteiger partial charge in [0.15, 0.2) is 0 Å². The van der Waals surface area contributed by atoms with Crippen LogP contribution in [0.3, 0.4) is 0 Å².